The molecule has 0 bridgehead atoms. The molecule has 1 aliphatic rings. The van der Waals surface area contributed by atoms with Gasteiger partial charge in [-0.25, -0.2) is 0 Å². The van der Waals surface area contributed by atoms with Crippen molar-refractivity contribution in [2.75, 3.05) is 31.9 Å². The molecule has 0 N–H and O–H groups in total. The third kappa shape index (κ3) is 3.76. The minimum atomic E-state index is 0.152. The second-order valence-electron chi connectivity index (χ2n) is 5.06. The standard InChI is InChI=1S/C15H20N2O2S/c1-12-3-4-14(9-13(12)2)20-10-15(19)17-7-5-16(11-18)6-8-17/h3-4,9,11H,5-8,10H2,1-2H3. The van der Waals surface area contributed by atoms with Crippen LogP contribution in [0.4, 0.5) is 0 Å². The summed E-state index contributed by atoms with van der Waals surface area (Å²) in [5, 5.41) is 0. The summed E-state index contributed by atoms with van der Waals surface area (Å²) in [6, 6.07) is 6.27. The number of rotatable bonds is 4. The first-order valence-corrected chi connectivity index (χ1v) is 7.76. The summed E-state index contributed by atoms with van der Waals surface area (Å²) in [5.41, 5.74) is 2.52. The van der Waals surface area contributed by atoms with E-state index in [4.69, 9.17) is 0 Å². The monoisotopic (exact) mass is 292 g/mol. The van der Waals surface area contributed by atoms with E-state index in [1.165, 1.54) is 11.1 Å². The fraction of sp³-hybridized carbons (Fsp3) is 0.467. The minimum Gasteiger partial charge on any atom is -0.342 e. The lowest BCUT2D eigenvalue weighted by Crippen LogP contribution is -2.48. The molecule has 0 radical (unpaired) electrons. The van der Waals surface area contributed by atoms with Crippen LogP contribution < -0.4 is 0 Å². The van der Waals surface area contributed by atoms with E-state index in [2.05, 4.69) is 32.0 Å². The molecule has 108 valence electrons. The SMILES string of the molecule is Cc1ccc(SCC(=O)N2CCN(C=O)CC2)cc1C. The lowest BCUT2D eigenvalue weighted by Gasteiger charge is -2.32. The zero-order chi connectivity index (χ0) is 14.5. The number of carbonyl (C=O) groups is 2. The topological polar surface area (TPSA) is 40.6 Å². The van der Waals surface area contributed by atoms with Gasteiger partial charge < -0.3 is 9.80 Å². The molecule has 1 aliphatic heterocycles. The van der Waals surface area contributed by atoms with Crippen molar-refractivity contribution in [1.82, 2.24) is 9.80 Å². The van der Waals surface area contributed by atoms with E-state index in [0.29, 0.717) is 31.9 Å². The third-order valence-electron chi connectivity index (χ3n) is 3.66. The molecule has 2 rings (SSSR count). The van der Waals surface area contributed by atoms with Crippen molar-refractivity contribution >= 4 is 24.1 Å². The van der Waals surface area contributed by atoms with Gasteiger partial charge in [0.15, 0.2) is 0 Å². The van der Waals surface area contributed by atoms with Crippen LogP contribution in [0.25, 0.3) is 0 Å². The van der Waals surface area contributed by atoms with Crippen molar-refractivity contribution in [3.63, 3.8) is 0 Å². The maximum Gasteiger partial charge on any atom is 0.233 e. The summed E-state index contributed by atoms with van der Waals surface area (Å²) in [4.78, 5) is 27.4. The van der Waals surface area contributed by atoms with Crippen LogP contribution >= 0.6 is 11.8 Å². The summed E-state index contributed by atoms with van der Waals surface area (Å²) in [6.07, 6.45) is 0.853. The van der Waals surface area contributed by atoms with Gasteiger partial charge in [0.1, 0.15) is 0 Å². The molecular weight excluding hydrogens is 272 g/mol. The lowest BCUT2D eigenvalue weighted by atomic mass is 10.1. The van der Waals surface area contributed by atoms with Crippen LogP contribution in [-0.2, 0) is 9.59 Å². The number of aryl methyl sites for hydroxylation is 2. The van der Waals surface area contributed by atoms with E-state index in [0.717, 1.165) is 11.3 Å². The van der Waals surface area contributed by atoms with Gasteiger partial charge in [-0.3, -0.25) is 9.59 Å². The molecule has 2 amide bonds. The Kier molecular flexibility index (Phi) is 5.06. The van der Waals surface area contributed by atoms with Crippen molar-refractivity contribution in [2.45, 2.75) is 18.7 Å². The Morgan fingerprint density at radius 1 is 1.20 bits per heavy atom. The maximum absolute atomic E-state index is 12.1. The molecule has 0 aliphatic carbocycles. The van der Waals surface area contributed by atoms with E-state index in [9.17, 15) is 9.59 Å². The van der Waals surface area contributed by atoms with Crippen molar-refractivity contribution in [3.05, 3.63) is 29.3 Å². The lowest BCUT2D eigenvalue weighted by molar-refractivity contribution is -0.132. The van der Waals surface area contributed by atoms with Gasteiger partial charge in [0.05, 0.1) is 5.75 Å². The van der Waals surface area contributed by atoms with Crippen molar-refractivity contribution in [2.24, 2.45) is 0 Å². The first-order valence-electron chi connectivity index (χ1n) is 6.77. The maximum atomic E-state index is 12.1. The quantitative estimate of drug-likeness (QED) is 0.626. The molecule has 1 heterocycles. The fourth-order valence-corrected chi connectivity index (χ4v) is 3.01. The molecular formula is C15H20N2O2S. The van der Waals surface area contributed by atoms with Gasteiger partial charge in [-0.1, -0.05) is 6.07 Å². The van der Waals surface area contributed by atoms with Crippen LogP contribution in [0.2, 0.25) is 0 Å². The Bertz CT molecular complexity index is 497. The number of nitrogens with zero attached hydrogens (tertiary/aromatic N) is 2. The molecule has 1 aromatic carbocycles. The van der Waals surface area contributed by atoms with Crippen LogP contribution in [0.5, 0.6) is 0 Å². The first-order chi connectivity index (χ1) is 9.60. The number of piperazine rings is 1. The van der Waals surface area contributed by atoms with Crippen molar-refractivity contribution in [3.8, 4) is 0 Å². The molecule has 0 saturated carbocycles. The van der Waals surface area contributed by atoms with E-state index < -0.39 is 0 Å². The molecule has 0 atom stereocenters. The van der Waals surface area contributed by atoms with Crippen molar-refractivity contribution < 1.29 is 9.59 Å². The first kappa shape index (κ1) is 14.9. The van der Waals surface area contributed by atoms with E-state index in [1.807, 2.05) is 4.90 Å². The largest absolute Gasteiger partial charge is 0.342 e. The van der Waals surface area contributed by atoms with Gasteiger partial charge >= 0.3 is 0 Å². The summed E-state index contributed by atoms with van der Waals surface area (Å²) in [7, 11) is 0. The Hall–Kier alpha value is -1.49. The smallest absolute Gasteiger partial charge is 0.233 e. The highest BCUT2D eigenvalue weighted by Crippen LogP contribution is 2.21. The third-order valence-corrected chi connectivity index (χ3v) is 4.64. The normalized spacial score (nSPS) is 15.3. The highest BCUT2D eigenvalue weighted by atomic mass is 32.2. The van der Waals surface area contributed by atoms with Gasteiger partial charge in [0.2, 0.25) is 12.3 Å². The van der Waals surface area contributed by atoms with Crippen molar-refractivity contribution in [1.29, 1.82) is 0 Å². The molecule has 5 heteroatoms. The van der Waals surface area contributed by atoms with Crippen LogP contribution in [0.1, 0.15) is 11.1 Å². The summed E-state index contributed by atoms with van der Waals surface area (Å²) >= 11 is 1.58. The summed E-state index contributed by atoms with van der Waals surface area (Å²) in [5.74, 6) is 0.614. The fourth-order valence-electron chi connectivity index (χ4n) is 2.12. The summed E-state index contributed by atoms with van der Waals surface area (Å²) < 4.78 is 0. The Morgan fingerprint density at radius 2 is 1.90 bits per heavy atom. The number of hydrogen-bond acceptors (Lipinski definition) is 3. The molecule has 0 spiro atoms. The Labute approximate surface area is 124 Å². The second kappa shape index (κ2) is 6.79. The molecule has 1 fully saturated rings. The molecule has 1 aromatic rings. The minimum absolute atomic E-state index is 0.152. The molecule has 1 saturated heterocycles. The van der Waals surface area contributed by atoms with Crippen LogP contribution in [-0.4, -0.2) is 54.0 Å². The second-order valence-corrected chi connectivity index (χ2v) is 6.11. The molecule has 0 aromatic heterocycles. The van der Waals surface area contributed by atoms with Gasteiger partial charge in [0.25, 0.3) is 0 Å². The Morgan fingerprint density at radius 3 is 2.50 bits per heavy atom. The predicted octanol–water partition coefficient (Wildman–Crippen LogP) is 1.70. The number of carbonyl (C=O) groups excluding carboxylic acids is 2. The van der Waals surface area contributed by atoms with E-state index >= 15 is 0 Å². The zero-order valence-corrected chi connectivity index (χ0v) is 12.8. The highest BCUT2D eigenvalue weighted by molar-refractivity contribution is 8.00. The number of thioether (sulfide) groups is 1. The van der Waals surface area contributed by atoms with E-state index in [-0.39, 0.29) is 5.91 Å². The number of benzene rings is 1. The van der Waals surface area contributed by atoms with Gasteiger partial charge in [-0.05, 0) is 37.1 Å². The van der Waals surface area contributed by atoms with Gasteiger partial charge in [-0.2, -0.15) is 0 Å². The van der Waals surface area contributed by atoms with E-state index in [1.54, 1.807) is 16.7 Å². The average Bonchev–Trinajstić information content (AvgIpc) is 2.48. The van der Waals surface area contributed by atoms with Gasteiger partial charge in [-0.15, -0.1) is 11.8 Å². The average molecular weight is 292 g/mol. The number of hydrogen-bond donors (Lipinski definition) is 0. The Balaban J connectivity index is 1.83. The van der Waals surface area contributed by atoms with Crippen LogP contribution in [0.3, 0.4) is 0 Å². The summed E-state index contributed by atoms with van der Waals surface area (Å²) in [6.45, 7) is 6.74. The van der Waals surface area contributed by atoms with Crippen LogP contribution in [0, 0.1) is 13.8 Å². The molecule has 4 nitrogen and oxygen atoms in total. The molecule has 20 heavy (non-hydrogen) atoms. The predicted molar refractivity (Wildman–Crippen MR) is 80.9 cm³/mol. The van der Waals surface area contributed by atoms with Gasteiger partial charge in [0, 0.05) is 31.1 Å². The van der Waals surface area contributed by atoms with Crippen LogP contribution in [0.15, 0.2) is 23.1 Å². The number of amides is 2. The molecule has 0 unspecified atom stereocenters. The zero-order valence-electron chi connectivity index (χ0n) is 12.0. The highest BCUT2D eigenvalue weighted by Gasteiger charge is 2.19.